The number of fused-ring (bicyclic) bond motifs is 16. The van der Waals surface area contributed by atoms with Gasteiger partial charge in [-0.15, -0.1) is 0 Å². The van der Waals surface area contributed by atoms with E-state index in [2.05, 4.69) is 352 Å². The number of aromatic nitrogens is 6. The highest BCUT2D eigenvalue weighted by atomic mass is 16.4. The van der Waals surface area contributed by atoms with Crippen LogP contribution in [0, 0.1) is 83.1 Å². The third kappa shape index (κ3) is 20.7. The van der Waals surface area contributed by atoms with Crippen LogP contribution in [0.2, 0.25) is 0 Å². The summed E-state index contributed by atoms with van der Waals surface area (Å²) in [5.41, 5.74) is 31.5. The molecule has 0 unspecified atom stereocenters. The maximum Gasteiger partial charge on any atom is 0.227 e. The van der Waals surface area contributed by atoms with Gasteiger partial charge in [0.15, 0.2) is 33.5 Å². The van der Waals surface area contributed by atoms with E-state index >= 15 is 0 Å². The highest BCUT2D eigenvalue weighted by Crippen LogP contribution is 2.44. The van der Waals surface area contributed by atoms with Crippen molar-refractivity contribution in [2.45, 2.75) is 149 Å². The third-order valence-corrected chi connectivity index (χ3v) is 23.2. The molecule has 0 atom stereocenters. The maximum absolute atomic E-state index is 6.37. The molecule has 0 aliphatic carbocycles. The van der Waals surface area contributed by atoms with Gasteiger partial charge < -0.3 is 26.5 Å². The standard InChI is InChI=1S/C25H17NO.C23H17NO.2C19H15NO.2C15H13NO.C2H6.7CH4/c1-14-11-15(2)13-18(12-14)25-26-23-19-7-3-5-16-9-10-17-6-4-8-20(24(23)27-25)22(17)21(16)19;1-14-11-15(2)13-16(12-14)23-24-21-19-9-5-3-7-17(19)18-8-4-6-10-20(18)22(21)25-23;1-12-7-13(2)9-16(8-12)19-20-17-10-14-5-3-4-6-15(14)11-18(17)21-19;1-12-9-13(2)11-15(10-12)19-20-17-8-7-14-5-3-4-6-16(14)18(17)21-19;2*1-10-7-11(2)9-12(8-10)15-16-13-5-3-4-6-14(13)17-15;1-2;;;;;;;/h3-13H,1-2H3;3-13H,1-2H3;2*3-11H,1-2H3;2*3-9H,1-2H3;1-2H3;7*1H4. The van der Waals surface area contributed by atoms with Crippen LogP contribution in [0.3, 0.4) is 0 Å². The smallest absolute Gasteiger partial charge is 0.227 e. The minimum atomic E-state index is 0. The Balaban J connectivity index is 0.000000147. The topological polar surface area (TPSA) is 156 Å². The largest absolute Gasteiger partial charge is 0.436 e. The molecule has 6 heterocycles. The van der Waals surface area contributed by atoms with Crippen molar-refractivity contribution in [2.75, 3.05) is 0 Å². The van der Waals surface area contributed by atoms with Crippen molar-refractivity contribution in [3.05, 3.63) is 394 Å². The summed E-state index contributed by atoms with van der Waals surface area (Å²) in [5.74, 6) is 4.13. The lowest BCUT2D eigenvalue weighted by Gasteiger charge is -2.10. The van der Waals surface area contributed by atoms with E-state index in [1.165, 1.54) is 115 Å². The Labute approximate surface area is 805 Å². The highest BCUT2D eigenvalue weighted by molar-refractivity contribution is 6.32. The molecule has 6 aromatic heterocycles. The van der Waals surface area contributed by atoms with Crippen LogP contribution >= 0.6 is 0 Å². The summed E-state index contributed by atoms with van der Waals surface area (Å²) in [7, 11) is 0. The Morgan fingerprint density at radius 1 is 0.168 bits per heavy atom. The fourth-order valence-electron chi connectivity index (χ4n) is 18.1. The van der Waals surface area contributed by atoms with Gasteiger partial charge in [0.2, 0.25) is 35.3 Å². The first-order valence-corrected chi connectivity index (χ1v) is 44.2. The zero-order valence-electron chi connectivity index (χ0n) is 75.3. The lowest BCUT2D eigenvalue weighted by molar-refractivity contribution is 0.619. The molecule has 0 saturated heterocycles. The number of rotatable bonds is 6. The van der Waals surface area contributed by atoms with Gasteiger partial charge in [-0.3, -0.25) is 0 Å². The second-order valence-electron chi connectivity index (χ2n) is 33.9. The number of nitrogens with zero attached hydrogens (tertiary/aromatic N) is 6. The molecule has 0 amide bonds. The summed E-state index contributed by atoms with van der Waals surface area (Å²) in [5, 5.41) is 16.6. The molecule has 0 aliphatic heterocycles. The van der Waals surface area contributed by atoms with Crippen molar-refractivity contribution in [2.24, 2.45) is 0 Å². The van der Waals surface area contributed by atoms with E-state index < -0.39 is 0 Å². The fraction of sp³-hybridized carbons (Fsp3) is 0.168. The Morgan fingerprint density at radius 2 is 0.438 bits per heavy atom. The van der Waals surface area contributed by atoms with Crippen molar-refractivity contribution >= 4 is 142 Å². The maximum atomic E-state index is 6.37. The van der Waals surface area contributed by atoms with Crippen molar-refractivity contribution in [1.82, 2.24) is 29.9 Å². The monoisotopic (exact) mass is 1800 g/mol. The van der Waals surface area contributed by atoms with Gasteiger partial charge in [0.25, 0.3) is 0 Å². The number of hydrogen-bond acceptors (Lipinski definition) is 12. The van der Waals surface area contributed by atoms with E-state index in [1.807, 2.05) is 92.7 Å². The highest BCUT2D eigenvalue weighted by Gasteiger charge is 2.22. The molecule has 690 valence electrons. The minimum absolute atomic E-state index is 0. The molecule has 0 saturated carbocycles. The number of benzene rings is 19. The van der Waals surface area contributed by atoms with Crippen LogP contribution in [0.1, 0.15) is 133 Å². The molecule has 0 N–H and O–H groups in total. The molecule has 0 spiro atoms. The van der Waals surface area contributed by atoms with Gasteiger partial charge in [-0.2, -0.15) is 0 Å². The molecule has 12 heteroatoms. The SMILES string of the molecule is C.C.C.C.C.C.C.CC.Cc1cc(C)cc(-c2nc3c4cccc5ccc6cccc(c3o2)c6c54)c1.Cc1cc(C)cc(-c2nc3c4ccccc4c4ccccc4c3o2)c1.Cc1cc(C)cc(-c2nc3cc4ccccc4cc3o2)c1.Cc1cc(C)cc(-c2nc3ccc4ccccc4c3o2)c1.Cc1cc(C)cc(-c2nc3ccccc3o2)c1.Cc1cc(C)cc(-c2nc3ccccc3o2)c1. The number of para-hydroxylation sites is 4. The zero-order valence-corrected chi connectivity index (χ0v) is 75.3. The average Bonchev–Trinajstić information content (AvgIpc) is 1.61. The normalized spacial score (nSPS) is 10.7. The molecule has 25 rings (SSSR count). The molecule has 0 bridgehead atoms. The Morgan fingerprint density at radius 3 is 0.861 bits per heavy atom. The van der Waals surface area contributed by atoms with E-state index in [9.17, 15) is 0 Å². The predicted octanol–water partition coefficient (Wildman–Crippen LogP) is 37.7. The van der Waals surface area contributed by atoms with Gasteiger partial charge in [0.1, 0.15) is 33.1 Å². The average molecular weight is 1810 g/mol. The number of hydrogen-bond donors (Lipinski definition) is 0. The molecule has 12 nitrogen and oxygen atoms in total. The first kappa shape index (κ1) is 100. The van der Waals surface area contributed by atoms with Crippen LogP contribution in [0.4, 0.5) is 0 Å². The molecular formula is C125H124N6O6. The lowest BCUT2D eigenvalue weighted by atomic mass is 9.93. The van der Waals surface area contributed by atoms with Crippen LogP contribution in [0.15, 0.2) is 354 Å². The third-order valence-electron chi connectivity index (χ3n) is 23.2. The van der Waals surface area contributed by atoms with Gasteiger partial charge in [0, 0.05) is 65.7 Å². The van der Waals surface area contributed by atoms with E-state index in [1.54, 1.807) is 0 Å². The molecular weight excluding hydrogens is 1680 g/mol. The molecule has 0 aliphatic rings. The zero-order chi connectivity index (χ0) is 89.5. The first-order valence-electron chi connectivity index (χ1n) is 44.2. The first-order chi connectivity index (χ1) is 63.2. The van der Waals surface area contributed by atoms with Gasteiger partial charge in [-0.25, -0.2) is 29.9 Å². The molecule has 137 heavy (non-hydrogen) atoms. The van der Waals surface area contributed by atoms with Crippen molar-refractivity contribution in [1.29, 1.82) is 0 Å². The van der Waals surface area contributed by atoms with Gasteiger partial charge in [-0.05, 0) is 241 Å². The van der Waals surface area contributed by atoms with Crippen molar-refractivity contribution < 1.29 is 26.5 Å². The summed E-state index contributed by atoms with van der Waals surface area (Å²) in [6.45, 7) is 29.1. The summed E-state index contributed by atoms with van der Waals surface area (Å²) in [4.78, 5) is 28.1. The predicted molar refractivity (Wildman–Crippen MR) is 586 cm³/mol. The van der Waals surface area contributed by atoms with E-state index in [0.717, 1.165) is 127 Å². The summed E-state index contributed by atoms with van der Waals surface area (Å²) in [6, 6.07) is 113. The van der Waals surface area contributed by atoms with E-state index in [0.29, 0.717) is 35.3 Å². The molecule has 19 aromatic carbocycles. The minimum Gasteiger partial charge on any atom is -0.436 e. The number of oxazole rings is 6. The van der Waals surface area contributed by atoms with Crippen LogP contribution in [-0.4, -0.2) is 29.9 Å². The van der Waals surface area contributed by atoms with E-state index in [-0.39, 0.29) is 52.0 Å². The van der Waals surface area contributed by atoms with Crippen LogP contribution in [-0.2, 0) is 0 Å². The Hall–Kier alpha value is -15.9. The summed E-state index contributed by atoms with van der Waals surface area (Å²) < 4.78 is 36.2. The van der Waals surface area contributed by atoms with E-state index in [4.69, 9.17) is 36.5 Å². The van der Waals surface area contributed by atoms with Crippen LogP contribution < -0.4 is 0 Å². The quantitative estimate of drug-likeness (QED) is 0.145. The van der Waals surface area contributed by atoms with Crippen molar-refractivity contribution in [3.63, 3.8) is 0 Å². The van der Waals surface area contributed by atoms with Gasteiger partial charge in [-0.1, -0.05) is 345 Å². The Bertz CT molecular complexity index is 8060. The van der Waals surface area contributed by atoms with Crippen LogP contribution in [0.5, 0.6) is 0 Å². The second-order valence-corrected chi connectivity index (χ2v) is 33.9. The molecule has 0 radical (unpaired) electrons. The molecule has 25 aromatic rings. The lowest BCUT2D eigenvalue weighted by Crippen LogP contribution is -1.85. The van der Waals surface area contributed by atoms with Gasteiger partial charge >= 0.3 is 0 Å². The summed E-state index contributed by atoms with van der Waals surface area (Å²) in [6.07, 6.45) is 0. The Kier molecular flexibility index (Phi) is 31.1. The van der Waals surface area contributed by atoms with Gasteiger partial charge in [0.05, 0.1) is 0 Å². The van der Waals surface area contributed by atoms with Crippen LogP contribution in [0.25, 0.3) is 211 Å². The number of aryl methyl sites for hydroxylation is 12. The van der Waals surface area contributed by atoms with Crippen molar-refractivity contribution in [3.8, 4) is 68.7 Å². The molecule has 0 fully saturated rings. The second kappa shape index (κ2) is 42.5. The fourth-order valence-corrected chi connectivity index (χ4v) is 18.1. The summed E-state index contributed by atoms with van der Waals surface area (Å²) >= 11 is 0.